The molecule has 1 aliphatic rings. The fraction of sp³-hybridized carbons (Fsp3) is 0.312. The molecule has 1 N–H and O–H groups in total. The third kappa shape index (κ3) is 2.52. The summed E-state index contributed by atoms with van der Waals surface area (Å²) in [6, 6.07) is 10.6. The zero-order valence-electron chi connectivity index (χ0n) is 12.1. The molecule has 2 heterocycles. The van der Waals surface area contributed by atoms with Crippen LogP contribution in [-0.2, 0) is 17.8 Å². The summed E-state index contributed by atoms with van der Waals surface area (Å²) in [4.78, 5) is 18.8. The molecule has 110 valence electrons. The van der Waals surface area contributed by atoms with E-state index in [4.69, 9.17) is 4.42 Å². The SMILES string of the molecule is CONC(=O)c1occc1CN1c2ccccc2CC1C. The molecule has 0 aliphatic carbocycles. The fourth-order valence-electron chi connectivity index (χ4n) is 2.85. The van der Waals surface area contributed by atoms with Gasteiger partial charge in [-0.1, -0.05) is 18.2 Å². The minimum Gasteiger partial charge on any atom is -0.459 e. The maximum atomic E-state index is 11.9. The average Bonchev–Trinajstić information content (AvgIpc) is 3.05. The van der Waals surface area contributed by atoms with Crippen molar-refractivity contribution >= 4 is 11.6 Å². The zero-order valence-corrected chi connectivity index (χ0v) is 12.1. The number of benzene rings is 1. The smallest absolute Gasteiger partial charge is 0.310 e. The molecule has 5 heteroatoms. The number of furan rings is 1. The molecule has 1 aromatic heterocycles. The highest BCUT2D eigenvalue weighted by atomic mass is 16.6. The molecular weight excluding hydrogens is 268 g/mol. The first-order valence-corrected chi connectivity index (χ1v) is 6.95. The lowest BCUT2D eigenvalue weighted by atomic mass is 10.1. The number of para-hydroxylation sites is 1. The van der Waals surface area contributed by atoms with Gasteiger partial charge in [0, 0.05) is 23.8 Å². The Hall–Kier alpha value is -2.27. The van der Waals surface area contributed by atoms with E-state index in [0.29, 0.717) is 18.3 Å². The molecule has 0 radical (unpaired) electrons. The van der Waals surface area contributed by atoms with E-state index in [1.165, 1.54) is 24.6 Å². The highest BCUT2D eigenvalue weighted by Crippen LogP contribution is 2.33. The molecule has 21 heavy (non-hydrogen) atoms. The highest BCUT2D eigenvalue weighted by Gasteiger charge is 2.27. The van der Waals surface area contributed by atoms with E-state index in [-0.39, 0.29) is 5.91 Å². The maximum Gasteiger partial charge on any atom is 0.310 e. The molecule has 1 aromatic carbocycles. The van der Waals surface area contributed by atoms with Crippen LogP contribution >= 0.6 is 0 Å². The second kappa shape index (κ2) is 5.61. The summed E-state index contributed by atoms with van der Waals surface area (Å²) in [5.74, 6) is -0.0638. The summed E-state index contributed by atoms with van der Waals surface area (Å²) < 4.78 is 5.29. The van der Waals surface area contributed by atoms with E-state index >= 15 is 0 Å². The third-order valence-electron chi connectivity index (χ3n) is 3.84. The second-order valence-electron chi connectivity index (χ2n) is 5.22. The van der Waals surface area contributed by atoms with E-state index < -0.39 is 0 Å². The molecule has 1 aliphatic heterocycles. The summed E-state index contributed by atoms with van der Waals surface area (Å²) in [6.07, 6.45) is 2.56. The number of hydroxylamine groups is 1. The van der Waals surface area contributed by atoms with Crippen molar-refractivity contribution in [1.29, 1.82) is 0 Å². The standard InChI is InChI=1S/C16H18N2O3/c1-11-9-12-5-3-4-6-14(12)18(11)10-13-7-8-21-15(13)16(19)17-20-2/h3-8,11H,9-10H2,1-2H3,(H,17,19). The Labute approximate surface area is 123 Å². The monoisotopic (exact) mass is 286 g/mol. The van der Waals surface area contributed by atoms with Crippen LogP contribution < -0.4 is 10.4 Å². The van der Waals surface area contributed by atoms with Crippen LogP contribution in [0.2, 0.25) is 0 Å². The number of anilines is 1. The molecule has 1 amide bonds. The lowest BCUT2D eigenvalue weighted by molar-refractivity contribution is 0.0508. The van der Waals surface area contributed by atoms with Gasteiger partial charge in [0.1, 0.15) is 0 Å². The van der Waals surface area contributed by atoms with Gasteiger partial charge in [-0.2, -0.15) is 0 Å². The van der Waals surface area contributed by atoms with Crippen LogP contribution in [0.3, 0.4) is 0 Å². The van der Waals surface area contributed by atoms with Crippen LogP contribution in [0, 0.1) is 0 Å². The van der Waals surface area contributed by atoms with Gasteiger partial charge in [0.05, 0.1) is 13.4 Å². The molecule has 0 saturated heterocycles. The number of carbonyl (C=O) groups is 1. The molecule has 1 unspecified atom stereocenters. The van der Waals surface area contributed by atoms with Gasteiger partial charge in [-0.3, -0.25) is 9.63 Å². The lowest BCUT2D eigenvalue weighted by Gasteiger charge is -2.24. The fourth-order valence-corrected chi connectivity index (χ4v) is 2.85. The van der Waals surface area contributed by atoms with Gasteiger partial charge in [-0.15, -0.1) is 0 Å². The minimum atomic E-state index is -0.363. The van der Waals surface area contributed by atoms with Crippen molar-refractivity contribution in [2.45, 2.75) is 25.9 Å². The molecule has 0 saturated carbocycles. The summed E-state index contributed by atoms with van der Waals surface area (Å²) >= 11 is 0. The van der Waals surface area contributed by atoms with Gasteiger partial charge in [0.2, 0.25) is 0 Å². The molecule has 0 fully saturated rings. The highest BCUT2D eigenvalue weighted by molar-refractivity contribution is 5.92. The molecule has 0 spiro atoms. The van der Waals surface area contributed by atoms with Gasteiger partial charge >= 0.3 is 5.91 Å². The van der Waals surface area contributed by atoms with Crippen molar-refractivity contribution in [2.75, 3.05) is 12.0 Å². The number of hydrogen-bond donors (Lipinski definition) is 1. The van der Waals surface area contributed by atoms with Crippen molar-refractivity contribution in [1.82, 2.24) is 5.48 Å². The molecule has 2 aromatic rings. The maximum absolute atomic E-state index is 11.9. The summed E-state index contributed by atoms with van der Waals surface area (Å²) in [5.41, 5.74) is 5.72. The number of hydrogen-bond acceptors (Lipinski definition) is 4. The Morgan fingerprint density at radius 3 is 3.05 bits per heavy atom. The van der Waals surface area contributed by atoms with Crippen LogP contribution in [-0.4, -0.2) is 19.1 Å². The second-order valence-corrected chi connectivity index (χ2v) is 5.22. The molecule has 1 atom stereocenters. The number of nitrogens with zero attached hydrogens (tertiary/aromatic N) is 1. The molecule has 5 nitrogen and oxygen atoms in total. The number of rotatable bonds is 4. The van der Waals surface area contributed by atoms with Crippen molar-refractivity contribution in [3.05, 3.63) is 53.5 Å². The number of nitrogens with one attached hydrogen (secondary N) is 1. The van der Waals surface area contributed by atoms with Crippen molar-refractivity contribution in [3.63, 3.8) is 0 Å². The van der Waals surface area contributed by atoms with E-state index in [2.05, 4.69) is 40.3 Å². The van der Waals surface area contributed by atoms with Crippen LogP contribution in [0.15, 0.2) is 41.0 Å². The Morgan fingerprint density at radius 2 is 2.24 bits per heavy atom. The largest absolute Gasteiger partial charge is 0.459 e. The molecule has 0 bridgehead atoms. The first-order valence-electron chi connectivity index (χ1n) is 6.95. The van der Waals surface area contributed by atoms with E-state index in [1.54, 1.807) is 0 Å². The number of amides is 1. The third-order valence-corrected chi connectivity index (χ3v) is 3.84. The summed E-state index contributed by atoms with van der Waals surface area (Å²) in [6.45, 7) is 2.83. The van der Waals surface area contributed by atoms with Gasteiger partial charge in [-0.25, -0.2) is 5.48 Å². The van der Waals surface area contributed by atoms with Crippen molar-refractivity contribution < 1.29 is 14.0 Å². The first kappa shape index (κ1) is 13.7. The topological polar surface area (TPSA) is 54.7 Å². The van der Waals surface area contributed by atoms with Crippen LogP contribution in [0.4, 0.5) is 5.69 Å². The number of fused-ring (bicyclic) bond motifs is 1. The van der Waals surface area contributed by atoms with E-state index in [0.717, 1.165) is 12.0 Å². The Kier molecular flexibility index (Phi) is 3.66. The molecular formula is C16H18N2O3. The van der Waals surface area contributed by atoms with Gasteiger partial charge < -0.3 is 9.32 Å². The van der Waals surface area contributed by atoms with Crippen molar-refractivity contribution in [3.8, 4) is 0 Å². The summed E-state index contributed by atoms with van der Waals surface area (Å²) in [5, 5.41) is 0. The lowest BCUT2D eigenvalue weighted by Crippen LogP contribution is -2.30. The summed E-state index contributed by atoms with van der Waals surface area (Å²) in [7, 11) is 1.40. The zero-order chi connectivity index (χ0) is 14.8. The van der Waals surface area contributed by atoms with Gasteiger partial charge in [0.15, 0.2) is 5.76 Å². The van der Waals surface area contributed by atoms with Crippen LogP contribution in [0.5, 0.6) is 0 Å². The van der Waals surface area contributed by atoms with Crippen LogP contribution in [0.1, 0.15) is 28.6 Å². The Morgan fingerprint density at radius 1 is 1.43 bits per heavy atom. The quantitative estimate of drug-likeness (QED) is 0.878. The Balaban J connectivity index is 1.85. The normalized spacial score (nSPS) is 16.9. The minimum absolute atomic E-state index is 0.299. The predicted molar refractivity (Wildman–Crippen MR) is 79.0 cm³/mol. The van der Waals surface area contributed by atoms with Crippen LogP contribution in [0.25, 0.3) is 0 Å². The number of carbonyl (C=O) groups excluding carboxylic acids is 1. The van der Waals surface area contributed by atoms with Gasteiger partial charge in [0.25, 0.3) is 0 Å². The molecule has 3 rings (SSSR count). The first-order chi connectivity index (χ1) is 10.2. The predicted octanol–water partition coefficient (Wildman–Crippen LogP) is 2.52. The Bertz CT molecular complexity index is 650. The van der Waals surface area contributed by atoms with Gasteiger partial charge in [-0.05, 0) is 31.0 Å². The van der Waals surface area contributed by atoms with Crippen molar-refractivity contribution in [2.24, 2.45) is 0 Å². The average molecular weight is 286 g/mol. The van der Waals surface area contributed by atoms with E-state index in [1.807, 2.05) is 12.1 Å². The van der Waals surface area contributed by atoms with E-state index in [9.17, 15) is 4.79 Å².